The van der Waals surface area contributed by atoms with E-state index in [2.05, 4.69) is 9.72 Å². The molecule has 4 nitrogen and oxygen atoms in total. The van der Waals surface area contributed by atoms with E-state index in [1.165, 1.54) is 7.11 Å². The standard InChI is InChI=1S/C16H14N2O2S2/c1-20-15(19)11-4-2-10(3-5-11)9-21-16-18-13-7-6-12(17)8-14(13)22-16/h2-8H,9,17H2,1H3. The second-order valence-corrected chi connectivity index (χ2v) is 6.94. The summed E-state index contributed by atoms with van der Waals surface area (Å²) < 4.78 is 6.80. The Morgan fingerprint density at radius 3 is 2.77 bits per heavy atom. The quantitative estimate of drug-likeness (QED) is 0.446. The summed E-state index contributed by atoms with van der Waals surface area (Å²) in [6.45, 7) is 0. The molecule has 0 atom stereocenters. The molecular weight excluding hydrogens is 316 g/mol. The number of nitrogens with zero attached hydrogens (tertiary/aromatic N) is 1. The van der Waals surface area contributed by atoms with Crippen molar-refractivity contribution in [3.63, 3.8) is 0 Å². The maximum absolute atomic E-state index is 11.4. The van der Waals surface area contributed by atoms with Crippen molar-refractivity contribution in [2.45, 2.75) is 10.1 Å². The summed E-state index contributed by atoms with van der Waals surface area (Å²) >= 11 is 3.32. The SMILES string of the molecule is COC(=O)c1ccc(CSc2nc3ccc(N)cc3s2)cc1. The lowest BCUT2D eigenvalue weighted by atomic mass is 10.1. The number of hydrogen-bond donors (Lipinski definition) is 1. The van der Waals surface area contributed by atoms with E-state index >= 15 is 0 Å². The number of aromatic nitrogens is 1. The fraction of sp³-hybridized carbons (Fsp3) is 0.125. The van der Waals surface area contributed by atoms with Crippen molar-refractivity contribution in [1.29, 1.82) is 0 Å². The summed E-state index contributed by atoms with van der Waals surface area (Å²) in [5.74, 6) is 0.486. The fourth-order valence-corrected chi connectivity index (χ4v) is 4.05. The summed E-state index contributed by atoms with van der Waals surface area (Å²) in [5.41, 5.74) is 9.21. The van der Waals surface area contributed by atoms with Gasteiger partial charge >= 0.3 is 5.97 Å². The molecule has 0 unspecified atom stereocenters. The zero-order valence-corrected chi connectivity index (χ0v) is 13.5. The molecule has 0 aliphatic carbocycles. The fourth-order valence-electron chi connectivity index (χ4n) is 1.98. The molecule has 1 heterocycles. The second-order valence-electron chi connectivity index (χ2n) is 4.68. The smallest absolute Gasteiger partial charge is 0.337 e. The Kier molecular flexibility index (Phi) is 4.31. The van der Waals surface area contributed by atoms with Gasteiger partial charge in [-0.25, -0.2) is 9.78 Å². The normalized spacial score (nSPS) is 10.8. The minimum Gasteiger partial charge on any atom is -0.465 e. The summed E-state index contributed by atoms with van der Waals surface area (Å²) in [7, 11) is 1.38. The highest BCUT2D eigenvalue weighted by Gasteiger charge is 2.07. The van der Waals surface area contributed by atoms with Gasteiger partial charge in [0.05, 0.1) is 22.9 Å². The number of carbonyl (C=O) groups excluding carboxylic acids is 1. The molecule has 1 aromatic heterocycles. The van der Waals surface area contributed by atoms with E-state index in [-0.39, 0.29) is 5.97 Å². The number of carbonyl (C=O) groups is 1. The van der Waals surface area contributed by atoms with Gasteiger partial charge in [0.15, 0.2) is 4.34 Å². The number of rotatable bonds is 4. The van der Waals surface area contributed by atoms with E-state index in [4.69, 9.17) is 5.73 Å². The number of anilines is 1. The first-order valence-electron chi connectivity index (χ1n) is 6.62. The van der Waals surface area contributed by atoms with E-state index in [1.54, 1.807) is 35.2 Å². The topological polar surface area (TPSA) is 65.2 Å². The number of benzene rings is 2. The Morgan fingerprint density at radius 1 is 1.27 bits per heavy atom. The summed E-state index contributed by atoms with van der Waals surface area (Å²) in [4.78, 5) is 16.0. The van der Waals surface area contributed by atoms with Gasteiger partial charge in [0.2, 0.25) is 0 Å². The number of fused-ring (bicyclic) bond motifs is 1. The lowest BCUT2D eigenvalue weighted by Crippen LogP contribution is -2.00. The molecule has 0 saturated heterocycles. The molecule has 2 aromatic carbocycles. The minimum atomic E-state index is -0.317. The monoisotopic (exact) mass is 330 g/mol. The first-order valence-corrected chi connectivity index (χ1v) is 8.42. The number of thioether (sulfide) groups is 1. The molecule has 0 bridgehead atoms. The van der Waals surface area contributed by atoms with Crippen LogP contribution in [0.5, 0.6) is 0 Å². The second kappa shape index (κ2) is 6.37. The number of thiazole rings is 1. The van der Waals surface area contributed by atoms with Crippen LogP contribution in [-0.2, 0) is 10.5 Å². The van der Waals surface area contributed by atoms with Gasteiger partial charge in [0.25, 0.3) is 0 Å². The van der Waals surface area contributed by atoms with Crippen molar-refractivity contribution < 1.29 is 9.53 Å². The van der Waals surface area contributed by atoms with Crippen molar-refractivity contribution >= 4 is 45.0 Å². The van der Waals surface area contributed by atoms with Crippen molar-refractivity contribution in [2.24, 2.45) is 0 Å². The van der Waals surface area contributed by atoms with Crippen molar-refractivity contribution in [1.82, 2.24) is 4.98 Å². The van der Waals surface area contributed by atoms with Gasteiger partial charge in [0, 0.05) is 11.4 Å². The van der Waals surface area contributed by atoms with Crippen LogP contribution in [0.25, 0.3) is 10.2 Å². The predicted molar refractivity (Wildman–Crippen MR) is 91.4 cm³/mol. The summed E-state index contributed by atoms with van der Waals surface area (Å²) in [6.07, 6.45) is 0. The summed E-state index contributed by atoms with van der Waals surface area (Å²) in [5, 5.41) is 0. The molecule has 6 heteroatoms. The molecule has 0 spiro atoms. The first kappa shape index (κ1) is 14.9. The number of nitrogen functional groups attached to an aromatic ring is 1. The third kappa shape index (κ3) is 3.23. The maximum atomic E-state index is 11.4. The molecule has 112 valence electrons. The Morgan fingerprint density at radius 2 is 2.05 bits per heavy atom. The highest BCUT2D eigenvalue weighted by molar-refractivity contribution is 8.00. The number of methoxy groups -OCH3 is 1. The van der Waals surface area contributed by atoms with E-state index in [1.807, 2.05) is 30.3 Å². The van der Waals surface area contributed by atoms with Crippen LogP contribution in [0.2, 0.25) is 0 Å². The Hall–Kier alpha value is -2.05. The Bertz CT molecular complexity index is 813. The van der Waals surface area contributed by atoms with E-state index in [9.17, 15) is 4.79 Å². The van der Waals surface area contributed by atoms with Crippen LogP contribution >= 0.6 is 23.1 Å². The lowest BCUT2D eigenvalue weighted by Gasteiger charge is -2.01. The number of hydrogen-bond acceptors (Lipinski definition) is 6. The molecule has 3 rings (SSSR count). The predicted octanol–water partition coefficient (Wildman–Crippen LogP) is 3.96. The van der Waals surface area contributed by atoms with Crippen molar-refractivity contribution in [2.75, 3.05) is 12.8 Å². The number of esters is 1. The average Bonchev–Trinajstić information content (AvgIpc) is 2.94. The zero-order valence-electron chi connectivity index (χ0n) is 11.9. The van der Waals surface area contributed by atoms with E-state index in [0.717, 1.165) is 31.6 Å². The van der Waals surface area contributed by atoms with Crippen LogP contribution < -0.4 is 5.73 Å². The van der Waals surface area contributed by atoms with Gasteiger partial charge in [-0.1, -0.05) is 23.9 Å². The van der Waals surface area contributed by atoms with Gasteiger partial charge < -0.3 is 10.5 Å². The highest BCUT2D eigenvalue weighted by Crippen LogP contribution is 2.32. The lowest BCUT2D eigenvalue weighted by molar-refractivity contribution is 0.0600. The van der Waals surface area contributed by atoms with Crippen LogP contribution in [0.1, 0.15) is 15.9 Å². The summed E-state index contributed by atoms with van der Waals surface area (Å²) in [6, 6.07) is 13.2. The molecule has 0 fully saturated rings. The van der Waals surface area contributed by atoms with Gasteiger partial charge in [-0.05, 0) is 35.9 Å². The Labute approximate surface area is 136 Å². The maximum Gasteiger partial charge on any atom is 0.337 e. The van der Waals surface area contributed by atoms with Gasteiger partial charge in [0.1, 0.15) is 0 Å². The van der Waals surface area contributed by atoms with Crippen LogP contribution in [-0.4, -0.2) is 18.1 Å². The molecule has 2 N–H and O–H groups in total. The third-order valence-corrected chi connectivity index (χ3v) is 5.36. The number of ether oxygens (including phenoxy) is 1. The van der Waals surface area contributed by atoms with Crippen LogP contribution in [0.4, 0.5) is 5.69 Å². The van der Waals surface area contributed by atoms with E-state index < -0.39 is 0 Å². The minimum absolute atomic E-state index is 0.317. The van der Waals surface area contributed by atoms with Crippen LogP contribution in [0, 0.1) is 0 Å². The molecular formula is C16H14N2O2S2. The van der Waals surface area contributed by atoms with Crippen LogP contribution in [0.15, 0.2) is 46.8 Å². The first-order chi connectivity index (χ1) is 10.7. The van der Waals surface area contributed by atoms with Gasteiger partial charge in [-0.3, -0.25) is 0 Å². The van der Waals surface area contributed by atoms with Crippen molar-refractivity contribution in [3.05, 3.63) is 53.6 Å². The average molecular weight is 330 g/mol. The molecule has 0 radical (unpaired) electrons. The van der Waals surface area contributed by atoms with Crippen molar-refractivity contribution in [3.8, 4) is 0 Å². The molecule has 0 aliphatic heterocycles. The van der Waals surface area contributed by atoms with Gasteiger partial charge in [-0.15, -0.1) is 11.3 Å². The molecule has 0 saturated carbocycles. The molecule has 0 amide bonds. The molecule has 22 heavy (non-hydrogen) atoms. The highest BCUT2D eigenvalue weighted by atomic mass is 32.2. The zero-order chi connectivity index (χ0) is 15.5. The van der Waals surface area contributed by atoms with E-state index in [0.29, 0.717) is 5.56 Å². The molecule has 0 aliphatic rings. The molecule has 3 aromatic rings. The van der Waals surface area contributed by atoms with Gasteiger partial charge in [-0.2, -0.15) is 0 Å². The third-order valence-electron chi connectivity index (χ3n) is 3.13. The Balaban J connectivity index is 1.69. The largest absolute Gasteiger partial charge is 0.465 e. The number of nitrogens with two attached hydrogens (primary N) is 1. The van der Waals surface area contributed by atoms with Crippen LogP contribution in [0.3, 0.4) is 0 Å².